The van der Waals surface area contributed by atoms with Gasteiger partial charge in [0.25, 0.3) is 5.91 Å². The van der Waals surface area contributed by atoms with E-state index in [-0.39, 0.29) is 5.91 Å². The Morgan fingerprint density at radius 1 is 1.12 bits per heavy atom. The summed E-state index contributed by atoms with van der Waals surface area (Å²) in [6, 6.07) is 13.0. The van der Waals surface area contributed by atoms with Crippen molar-refractivity contribution in [2.45, 2.75) is 6.61 Å². The van der Waals surface area contributed by atoms with Gasteiger partial charge in [0.2, 0.25) is 0 Å². The maximum Gasteiger partial charge on any atom is 0.273 e. The minimum absolute atomic E-state index is 0.0402. The molecule has 8 heteroatoms. The number of carbonyl (C=O) groups excluding carboxylic acids is 1. The van der Waals surface area contributed by atoms with Crippen LogP contribution in [0.1, 0.15) is 16.1 Å². The largest absolute Gasteiger partial charge is 0.489 e. The number of aromatic nitrogens is 1. The van der Waals surface area contributed by atoms with Crippen LogP contribution in [0.15, 0.2) is 60.5 Å². The number of hydrogen-bond donors (Lipinski definition) is 0. The maximum atomic E-state index is 12.9. The first kappa shape index (κ1) is 22.8. The van der Waals surface area contributed by atoms with Gasteiger partial charge in [0.1, 0.15) is 23.1 Å². The zero-order valence-corrected chi connectivity index (χ0v) is 19.8. The third-order valence-electron chi connectivity index (χ3n) is 5.29. The molecule has 5 nitrogen and oxygen atoms in total. The monoisotopic (exact) mass is 487 g/mol. The van der Waals surface area contributed by atoms with Gasteiger partial charge in [0, 0.05) is 54.3 Å². The Morgan fingerprint density at radius 3 is 2.62 bits per heavy atom. The van der Waals surface area contributed by atoms with E-state index in [2.05, 4.69) is 16.5 Å². The molecule has 2 aromatic carbocycles. The van der Waals surface area contributed by atoms with Crippen molar-refractivity contribution in [3.05, 3.63) is 81.8 Å². The number of amides is 1. The molecule has 1 aliphatic rings. The minimum Gasteiger partial charge on any atom is -0.489 e. The SMILES string of the molecule is C=CCN1CCN(C(=O)c2csc(-c3ccc(OCc4ccccc4Cl)cc3Cl)n2)CC1. The van der Waals surface area contributed by atoms with Crippen molar-refractivity contribution >= 4 is 40.4 Å². The fourth-order valence-corrected chi connectivity index (χ4v) is 4.85. The van der Waals surface area contributed by atoms with Crippen LogP contribution in [0.4, 0.5) is 0 Å². The Balaban J connectivity index is 1.41. The van der Waals surface area contributed by atoms with Crippen LogP contribution in [0, 0.1) is 0 Å². The molecule has 0 bridgehead atoms. The van der Waals surface area contributed by atoms with E-state index in [0.29, 0.717) is 46.2 Å². The topological polar surface area (TPSA) is 45.7 Å². The first-order valence-electron chi connectivity index (χ1n) is 10.3. The summed E-state index contributed by atoms with van der Waals surface area (Å²) < 4.78 is 5.84. The summed E-state index contributed by atoms with van der Waals surface area (Å²) in [5, 5.41) is 3.69. The van der Waals surface area contributed by atoms with Gasteiger partial charge in [-0.1, -0.05) is 47.5 Å². The van der Waals surface area contributed by atoms with Crippen LogP contribution in [0.3, 0.4) is 0 Å². The Morgan fingerprint density at radius 2 is 1.91 bits per heavy atom. The smallest absolute Gasteiger partial charge is 0.273 e. The van der Waals surface area contributed by atoms with Crippen LogP contribution >= 0.6 is 34.5 Å². The molecular formula is C24H23Cl2N3O2S. The van der Waals surface area contributed by atoms with Gasteiger partial charge in [-0.3, -0.25) is 9.69 Å². The van der Waals surface area contributed by atoms with E-state index in [1.807, 2.05) is 47.4 Å². The Hall–Kier alpha value is -2.38. The minimum atomic E-state index is -0.0402. The Kier molecular flexibility index (Phi) is 7.48. The molecule has 0 radical (unpaired) electrons. The molecule has 4 rings (SSSR count). The third-order valence-corrected chi connectivity index (χ3v) is 6.85. The summed E-state index contributed by atoms with van der Waals surface area (Å²) in [7, 11) is 0. The number of hydrogen-bond acceptors (Lipinski definition) is 5. The van der Waals surface area contributed by atoms with Crippen molar-refractivity contribution in [1.29, 1.82) is 0 Å². The van der Waals surface area contributed by atoms with Crippen molar-refractivity contribution in [2.75, 3.05) is 32.7 Å². The summed E-state index contributed by atoms with van der Waals surface area (Å²) in [5.74, 6) is 0.602. The Bertz CT molecular complexity index is 1110. The van der Waals surface area contributed by atoms with Crippen molar-refractivity contribution in [2.24, 2.45) is 0 Å². The fourth-order valence-electron chi connectivity index (χ4n) is 3.51. The molecule has 1 amide bonds. The second-order valence-electron chi connectivity index (χ2n) is 7.44. The van der Waals surface area contributed by atoms with E-state index in [9.17, 15) is 4.79 Å². The van der Waals surface area contributed by atoms with Crippen molar-refractivity contribution < 1.29 is 9.53 Å². The molecule has 0 unspecified atom stereocenters. The van der Waals surface area contributed by atoms with Gasteiger partial charge in [0.05, 0.1) is 5.02 Å². The first-order valence-corrected chi connectivity index (χ1v) is 11.9. The van der Waals surface area contributed by atoms with Gasteiger partial charge in [-0.25, -0.2) is 4.98 Å². The lowest BCUT2D eigenvalue weighted by Crippen LogP contribution is -2.48. The highest BCUT2D eigenvalue weighted by Crippen LogP contribution is 2.34. The lowest BCUT2D eigenvalue weighted by molar-refractivity contribution is 0.0645. The van der Waals surface area contributed by atoms with Crippen molar-refractivity contribution in [1.82, 2.24) is 14.8 Å². The molecule has 32 heavy (non-hydrogen) atoms. The van der Waals surface area contributed by atoms with E-state index in [4.69, 9.17) is 27.9 Å². The van der Waals surface area contributed by atoms with Gasteiger partial charge in [-0.2, -0.15) is 0 Å². The van der Waals surface area contributed by atoms with Gasteiger partial charge < -0.3 is 9.64 Å². The summed E-state index contributed by atoms with van der Waals surface area (Å²) in [6.45, 7) is 8.04. The van der Waals surface area contributed by atoms with E-state index in [0.717, 1.165) is 30.8 Å². The van der Waals surface area contributed by atoms with Gasteiger partial charge in [-0.15, -0.1) is 17.9 Å². The number of thiazole rings is 1. The molecule has 2 heterocycles. The molecule has 0 saturated carbocycles. The molecule has 0 atom stereocenters. The molecule has 0 N–H and O–H groups in total. The van der Waals surface area contributed by atoms with Crippen LogP contribution < -0.4 is 4.74 Å². The molecular weight excluding hydrogens is 465 g/mol. The number of rotatable bonds is 7. The van der Waals surface area contributed by atoms with E-state index in [1.165, 1.54) is 11.3 Å². The highest BCUT2D eigenvalue weighted by Gasteiger charge is 2.24. The van der Waals surface area contributed by atoms with Crippen LogP contribution in [0.5, 0.6) is 5.75 Å². The standard InChI is InChI=1S/C24H23Cl2N3O2S/c1-2-9-28-10-12-29(13-11-28)24(30)22-16-32-23(27-22)19-8-7-18(14-21(19)26)31-15-17-5-3-4-6-20(17)25/h2-8,14,16H,1,9-13,15H2. The molecule has 1 saturated heterocycles. The first-order chi connectivity index (χ1) is 15.5. The Labute approximate surface area is 201 Å². The maximum absolute atomic E-state index is 12.9. The molecule has 0 spiro atoms. The highest BCUT2D eigenvalue weighted by molar-refractivity contribution is 7.13. The number of benzene rings is 2. The quantitative estimate of drug-likeness (QED) is 0.404. The molecule has 166 valence electrons. The van der Waals surface area contributed by atoms with Crippen LogP contribution in [-0.2, 0) is 6.61 Å². The summed E-state index contributed by atoms with van der Waals surface area (Å²) in [6.07, 6.45) is 1.89. The van der Waals surface area contributed by atoms with E-state index in [1.54, 1.807) is 11.4 Å². The number of carbonyl (C=O) groups is 1. The van der Waals surface area contributed by atoms with Crippen LogP contribution in [-0.4, -0.2) is 53.4 Å². The number of nitrogens with zero attached hydrogens (tertiary/aromatic N) is 3. The van der Waals surface area contributed by atoms with Crippen molar-refractivity contribution in [3.63, 3.8) is 0 Å². The number of halogens is 2. The average Bonchev–Trinajstić information content (AvgIpc) is 3.29. The summed E-state index contributed by atoms with van der Waals surface area (Å²) in [5.41, 5.74) is 2.14. The van der Waals surface area contributed by atoms with Crippen LogP contribution in [0.2, 0.25) is 10.0 Å². The van der Waals surface area contributed by atoms with Crippen LogP contribution in [0.25, 0.3) is 10.6 Å². The second-order valence-corrected chi connectivity index (χ2v) is 9.11. The fraction of sp³-hybridized carbons (Fsp3) is 0.250. The number of piperazine rings is 1. The zero-order valence-electron chi connectivity index (χ0n) is 17.5. The normalized spacial score (nSPS) is 14.4. The van der Waals surface area contributed by atoms with E-state index < -0.39 is 0 Å². The predicted octanol–water partition coefficient (Wildman–Crippen LogP) is 5.64. The zero-order chi connectivity index (χ0) is 22.5. The molecule has 1 aliphatic heterocycles. The predicted molar refractivity (Wildman–Crippen MR) is 131 cm³/mol. The second kappa shape index (κ2) is 10.5. The van der Waals surface area contributed by atoms with E-state index >= 15 is 0 Å². The number of ether oxygens (including phenoxy) is 1. The highest BCUT2D eigenvalue weighted by atomic mass is 35.5. The molecule has 1 aromatic heterocycles. The van der Waals surface area contributed by atoms with Gasteiger partial charge >= 0.3 is 0 Å². The third kappa shape index (κ3) is 5.33. The van der Waals surface area contributed by atoms with Crippen molar-refractivity contribution in [3.8, 4) is 16.3 Å². The molecule has 1 fully saturated rings. The van der Waals surface area contributed by atoms with Gasteiger partial charge in [0.15, 0.2) is 0 Å². The summed E-state index contributed by atoms with van der Waals surface area (Å²) >= 11 is 14.1. The molecule has 3 aromatic rings. The average molecular weight is 488 g/mol. The summed E-state index contributed by atoms with van der Waals surface area (Å²) in [4.78, 5) is 21.6. The molecule has 0 aliphatic carbocycles. The lowest BCUT2D eigenvalue weighted by atomic mass is 10.2. The lowest BCUT2D eigenvalue weighted by Gasteiger charge is -2.33. The van der Waals surface area contributed by atoms with Gasteiger partial charge in [-0.05, 0) is 24.3 Å².